The molecule has 0 fully saturated rings. The molecule has 1 aromatic carbocycles. The lowest BCUT2D eigenvalue weighted by atomic mass is 10.0. The van der Waals surface area contributed by atoms with Crippen molar-refractivity contribution in [1.82, 2.24) is 4.98 Å². The van der Waals surface area contributed by atoms with Crippen LogP contribution in [-0.4, -0.2) is 36.1 Å². The Morgan fingerprint density at radius 3 is 2.88 bits per heavy atom. The number of carbonyl (C=O) groups excluding carboxylic acids is 2. The zero-order chi connectivity index (χ0) is 18.0. The number of rotatable bonds is 4. The lowest BCUT2D eigenvalue weighted by Crippen LogP contribution is -2.60. The summed E-state index contributed by atoms with van der Waals surface area (Å²) in [4.78, 5) is 31.3. The molecule has 0 saturated heterocycles. The summed E-state index contributed by atoms with van der Waals surface area (Å²) < 4.78 is 10.9. The summed E-state index contributed by atoms with van der Waals surface area (Å²) in [5, 5.41) is 2.72. The molecule has 7 heteroatoms. The highest BCUT2D eigenvalue weighted by molar-refractivity contribution is 6.19. The molecule has 25 heavy (non-hydrogen) atoms. The van der Waals surface area contributed by atoms with Crippen molar-refractivity contribution >= 4 is 23.3 Å². The van der Waals surface area contributed by atoms with Gasteiger partial charge < -0.3 is 14.8 Å². The van der Waals surface area contributed by atoms with Crippen LogP contribution in [0.5, 0.6) is 11.5 Å². The van der Waals surface area contributed by atoms with Gasteiger partial charge in [0.15, 0.2) is 11.6 Å². The molecule has 2 heterocycles. The standard InChI is InChI=1S/C18H19N3O4/c1-4-21-15-14(9-6-10-19-15)25-18(2,17(21)23)16(22)20-12-7-5-8-13(11-12)24-3/h5-11H,4H2,1-3H3,(H,20,22)/t18-/m0/s1. The first kappa shape index (κ1) is 16.8. The van der Waals surface area contributed by atoms with Gasteiger partial charge in [-0.25, -0.2) is 4.98 Å². The average Bonchev–Trinajstić information content (AvgIpc) is 2.63. The molecule has 1 N–H and O–H groups in total. The average molecular weight is 341 g/mol. The van der Waals surface area contributed by atoms with Crippen LogP contribution in [0, 0.1) is 0 Å². The Morgan fingerprint density at radius 2 is 2.16 bits per heavy atom. The fourth-order valence-corrected chi connectivity index (χ4v) is 2.67. The van der Waals surface area contributed by atoms with E-state index in [0.29, 0.717) is 29.5 Å². The van der Waals surface area contributed by atoms with E-state index in [4.69, 9.17) is 9.47 Å². The summed E-state index contributed by atoms with van der Waals surface area (Å²) in [6.45, 7) is 3.67. The molecular formula is C18H19N3O4. The van der Waals surface area contributed by atoms with Gasteiger partial charge in [0.25, 0.3) is 17.4 Å². The Kier molecular flexibility index (Phi) is 4.31. The predicted molar refractivity (Wildman–Crippen MR) is 92.9 cm³/mol. The zero-order valence-electron chi connectivity index (χ0n) is 14.3. The molecule has 2 amide bonds. The van der Waals surface area contributed by atoms with Gasteiger partial charge in [-0.05, 0) is 38.1 Å². The van der Waals surface area contributed by atoms with Crippen LogP contribution >= 0.6 is 0 Å². The Bertz CT molecular complexity index is 823. The number of hydrogen-bond donors (Lipinski definition) is 1. The number of anilines is 2. The maximum Gasteiger partial charge on any atom is 0.282 e. The number of methoxy groups -OCH3 is 1. The largest absolute Gasteiger partial charge is 0.497 e. The first-order valence-corrected chi connectivity index (χ1v) is 7.91. The second-order valence-corrected chi connectivity index (χ2v) is 5.70. The van der Waals surface area contributed by atoms with Crippen molar-refractivity contribution in [3.63, 3.8) is 0 Å². The number of nitrogens with one attached hydrogen (secondary N) is 1. The Morgan fingerprint density at radius 1 is 1.36 bits per heavy atom. The molecular weight excluding hydrogens is 322 g/mol. The molecule has 3 rings (SSSR count). The molecule has 1 atom stereocenters. The van der Waals surface area contributed by atoms with Crippen molar-refractivity contribution in [3.05, 3.63) is 42.6 Å². The van der Waals surface area contributed by atoms with E-state index in [1.807, 2.05) is 6.92 Å². The van der Waals surface area contributed by atoms with E-state index >= 15 is 0 Å². The maximum atomic E-state index is 12.9. The molecule has 0 bridgehead atoms. The quantitative estimate of drug-likeness (QED) is 0.863. The van der Waals surface area contributed by atoms with Crippen LogP contribution in [-0.2, 0) is 9.59 Å². The third kappa shape index (κ3) is 2.88. The number of aromatic nitrogens is 1. The van der Waals surface area contributed by atoms with Gasteiger partial charge in [0.2, 0.25) is 0 Å². The summed E-state index contributed by atoms with van der Waals surface area (Å²) in [5.74, 6) is 0.401. The lowest BCUT2D eigenvalue weighted by molar-refractivity contribution is -0.145. The SMILES string of the molecule is CCN1C(=O)[C@](C)(C(=O)Nc2cccc(OC)c2)Oc2cccnc21. The van der Waals surface area contributed by atoms with Crippen LogP contribution in [0.2, 0.25) is 0 Å². The molecule has 1 aromatic heterocycles. The van der Waals surface area contributed by atoms with Crippen LogP contribution in [0.3, 0.4) is 0 Å². The summed E-state index contributed by atoms with van der Waals surface area (Å²) in [6.07, 6.45) is 1.58. The number of nitrogens with zero attached hydrogens (tertiary/aromatic N) is 2. The van der Waals surface area contributed by atoms with E-state index in [9.17, 15) is 9.59 Å². The van der Waals surface area contributed by atoms with E-state index in [-0.39, 0.29) is 0 Å². The first-order chi connectivity index (χ1) is 12.0. The molecule has 0 spiro atoms. The third-order valence-electron chi connectivity index (χ3n) is 4.05. The van der Waals surface area contributed by atoms with Crippen LogP contribution in [0.25, 0.3) is 0 Å². The maximum absolute atomic E-state index is 12.9. The summed E-state index contributed by atoms with van der Waals surface area (Å²) in [6, 6.07) is 10.3. The molecule has 0 aliphatic carbocycles. The third-order valence-corrected chi connectivity index (χ3v) is 4.05. The Hall–Kier alpha value is -3.09. The molecule has 0 radical (unpaired) electrons. The second kappa shape index (κ2) is 6.43. The Labute approximate surface area is 145 Å². The smallest absolute Gasteiger partial charge is 0.282 e. The number of hydrogen-bond acceptors (Lipinski definition) is 5. The number of likely N-dealkylation sites (N-methyl/N-ethyl adjacent to an activating group) is 1. The van der Waals surface area contributed by atoms with E-state index < -0.39 is 17.4 Å². The van der Waals surface area contributed by atoms with Gasteiger partial charge in [-0.3, -0.25) is 14.5 Å². The van der Waals surface area contributed by atoms with Crippen LogP contribution in [0.1, 0.15) is 13.8 Å². The molecule has 2 aromatic rings. The second-order valence-electron chi connectivity index (χ2n) is 5.70. The number of amides is 2. The minimum absolute atomic E-state index is 0.383. The molecule has 130 valence electrons. The van der Waals surface area contributed by atoms with Gasteiger partial charge in [0.1, 0.15) is 5.75 Å². The number of carbonyl (C=O) groups is 2. The highest BCUT2D eigenvalue weighted by atomic mass is 16.5. The highest BCUT2D eigenvalue weighted by Crippen LogP contribution is 2.36. The van der Waals surface area contributed by atoms with Gasteiger partial charge in [-0.15, -0.1) is 0 Å². The number of fused-ring (bicyclic) bond motifs is 1. The van der Waals surface area contributed by atoms with Gasteiger partial charge in [0.05, 0.1) is 7.11 Å². The van der Waals surface area contributed by atoms with E-state index in [2.05, 4.69) is 10.3 Å². The van der Waals surface area contributed by atoms with Gasteiger partial charge >= 0.3 is 0 Å². The van der Waals surface area contributed by atoms with Gasteiger partial charge in [0, 0.05) is 24.5 Å². The summed E-state index contributed by atoms with van der Waals surface area (Å²) >= 11 is 0. The van der Waals surface area contributed by atoms with Crippen molar-refractivity contribution in [3.8, 4) is 11.5 Å². The summed E-state index contributed by atoms with van der Waals surface area (Å²) in [5.41, 5.74) is -1.17. The van der Waals surface area contributed by atoms with Crippen LogP contribution in [0.4, 0.5) is 11.5 Å². The number of ether oxygens (including phenoxy) is 2. The van der Waals surface area contributed by atoms with Crippen molar-refractivity contribution in [2.75, 3.05) is 23.9 Å². The van der Waals surface area contributed by atoms with Crippen molar-refractivity contribution in [1.29, 1.82) is 0 Å². The fourth-order valence-electron chi connectivity index (χ4n) is 2.67. The minimum Gasteiger partial charge on any atom is -0.497 e. The van der Waals surface area contributed by atoms with Gasteiger partial charge in [-0.2, -0.15) is 0 Å². The normalized spacial score (nSPS) is 19.0. The number of pyridine rings is 1. The first-order valence-electron chi connectivity index (χ1n) is 7.91. The predicted octanol–water partition coefficient (Wildman–Crippen LogP) is 2.23. The Balaban J connectivity index is 1.92. The topological polar surface area (TPSA) is 80.8 Å². The minimum atomic E-state index is -1.69. The van der Waals surface area contributed by atoms with Crippen LogP contribution < -0.4 is 19.7 Å². The van der Waals surface area contributed by atoms with Crippen molar-refractivity contribution in [2.45, 2.75) is 19.4 Å². The highest BCUT2D eigenvalue weighted by Gasteiger charge is 2.50. The lowest BCUT2D eigenvalue weighted by Gasteiger charge is -2.38. The van der Waals surface area contributed by atoms with E-state index in [1.54, 1.807) is 49.7 Å². The fraction of sp³-hybridized carbons (Fsp3) is 0.278. The molecule has 7 nitrogen and oxygen atoms in total. The van der Waals surface area contributed by atoms with Crippen LogP contribution in [0.15, 0.2) is 42.6 Å². The zero-order valence-corrected chi connectivity index (χ0v) is 14.3. The number of benzene rings is 1. The molecule has 0 unspecified atom stereocenters. The van der Waals surface area contributed by atoms with E-state index in [0.717, 1.165) is 0 Å². The van der Waals surface area contributed by atoms with E-state index in [1.165, 1.54) is 11.8 Å². The van der Waals surface area contributed by atoms with Gasteiger partial charge in [-0.1, -0.05) is 6.07 Å². The van der Waals surface area contributed by atoms with Crippen molar-refractivity contribution < 1.29 is 19.1 Å². The van der Waals surface area contributed by atoms with Crippen molar-refractivity contribution in [2.24, 2.45) is 0 Å². The molecule has 1 aliphatic rings. The molecule has 0 saturated carbocycles. The molecule has 1 aliphatic heterocycles. The summed E-state index contributed by atoms with van der Waals surface area (Å²) in [7, 11) is 1.54. The monoisotopic (exact) mass is 341 g/mol.